The number of hydrogen-bond acceptors (Lipinski definition) is 6. The Morgan fingerprint density at radius 3 is 2.63 bits per heavy atom. The van der Waals surface area contributed by atoms with Crippen LogP contribution >= 0.6 is 23.4 Å². The first-order valence-electron chi connectivity index (χ1n) is 8.99. The molecular formula is C21H18ClNO6S. The number of rotatable bonds is 8. The highest BCUT2D eigenvalue weighted by atomic mass is 35.5. The monoisotopic (exact) mass is 447 g/mol. The molecule has 1 heterocycles. The molecule has 3 rings (SSSR count). The summed E-state index contributed by atoms with van der Waals surface area (Å²) in [6, 6.07) is 12.5. The fourth-order valence-corrected chi connectivity index (χ4v) is 3.72. The second-order valence-electron chi connectivity index (χ2n) is 6.18. The number of carboxylic acid groups (broad SMARTS) is 1. The Labute approximate surface area is 182 Å². The topological polar surface area (TPSA) is 93.1 Å². The van der Waals surface area contributed by atoms with Crippen LogP contribution in [0.1, 0.15) is 18.1 Å². The number of amides is 2. The molecule has 1 N–H and O–H groups in total. The lowest BCUT2D eigenvalue weighted by Crippen LogP contribution is -2.33. The fraction of sp³-hybridized carbons (Fsp3) is 0.190. The Balaban J connectivity index is 1.80. The molecule has 0 aromatic heterocycles. The van der Waals surface area contributed by atoms with Crippen LogP contribution < -0.4 is 9.47 Å². The number of benzene rings is 2. The van der Waals surface area contributed by atoms with E-state index in [0.29, 0.717) is 45.4 Å². The molecule has 0 radical (unpaired) electrons. The number of nitrogens with zero attached hydrogens (tertiary/aromatic N) is 1. The van der Waals surface area contributed by atoms with E-state index in [1.807, 2.05) is 25.1 Å². The van der Waals surface area contributed by atoms with Crippen LogP contribution in [-0.4, -0.2) is 40.3 Å². The second-order valence-corrected chi connectivity index (χ2v) is 7.58. The quantitative estimate of drug-likeness (QED) is 0.598. The second kappa shape index (κ2) is 9.69. The minimum absolute atomic E-state index is 0.147. The predicted octanol–water partition coefficient (Wildman–Crippen LogP) is 4.44. The summed E-state index contributed by atoms with van der Waals surface area (Å²) in [7, 11) is 0. The van der Waals surface area contributed by atoms with Crippen LogP contribution in [0.5, 0.6) is 11.5 Å². The van der Waals surface area contributed by atoms with E-state index in [0.717, 1.165) is 5.56 Å². The minimum Gasteiger partial charge on any atom is -0.490 e. The zero-order chi connectivity index (χ0) is 21.7. The molecule has 0 spiro atoms. The van der Waals surface area contributed by atoms with E-state index >= 15 is 0 Å². The number of imide groups is 1. The third-order valence-corrected chi connectivity index (χ3v) is 5.35. The lowest BCUT2D eigenvalue weighted by Gasteiger charge is -2.13. The Bertz CT molecular complexity index is 1020. The van der Waals surface area contributed by atoms with E-state index in [1.165, 1.54) is 6.08 Å². The van der Waals surface area contributed by atoms with E-state index in [4.69, 9.17) is 26.2 Å². The van der Waals surface area contributed by atoms with Crippen LogP contribution in [-0.2, 0) is 16.2 Å². The van der Waals surface area contributed by atoms with Crippen LogP contribution in [0, 0.1) is 0 Å². The average molecular weight is 448 g/mol. The normalized spacial score (nSPS) is 15.0. The van der Waals surface area contributed by atoms with Crippen molar-refractivity contribution in [2.45, 2.75) is 13.5 Å². The molecule has 0 bridgehead atoms. The predicted molar refractivity (Wildman–Crippen MR) is 114 cm³/mol. The van der Waals surface area contributed by atoms with Gasteiger partial charge >= 0.3 is 5.97 Å². The van der Waals surface area contributed by atoms with Gasteiger partial charge in [0, 0.05) is 10.6 Å². The minimum atomic E-state index is -1.25. The summed E-state index contributed by atoms with van der Waals surface area (Å²) in [6.45, 7) is 1.83. The summed E-state index contributed by atoms with van der Waals surface area (Å²) in [5, 5.41) is 8.84. The number of ether oxygens (including phenoxy) is 2. The number of aliphatic carboxylic acids is 1. The van der Waals surface area contributed by atoms with Crippen molar-refractivity contribution in [3.8, 4) is 11.5 Å². The van der Waals surface area contributed by atoms with Gasteiger partial charge in [-0.05, 0) is 48.5 Å². The van der Waals surface area contributed by atoms with E-state index < -0.39 is 23.7 Å². The first-order chi connectivity index (χ1) is 14.4. The molecule has 2 aromatic carbocycles. The van der Waals surface area contributed by atoms with Crippen molar-refractivity contribution in [2.75, 3.05) is 13.2 Å². The van der Waals surface area contributed by atoms with Crippen molar-refractivity contribution in [1.29, 1.82) is 0 Å². The van der Waals surface area contributed by atoms with Gasteiger partial charge in [0.05, 0.1) is 11.5 Å². The van der Waals surface area contributed by atoms with Gasteiger partial charge < -0.3 is 14.6 Å². The molecule has 2 aromatic rings. The van der Waals surface area contributed by atoms with Crippen molar-refractivity contribution in [3.05, 3.63) is 63.5 Å². The zero-order valence-electron chi connectivity index (χ0n) is 16.0. The molecule has 0 aliphatic carbocycles. The third-order valence-electron chi connectivity index (χ3n) is 4.07. The molecule has 156 valence electrons. The van der Waals surface area contributed by atoms with Gasteiger partial charge in [0.2, 0.25) is 0 Å². The molecule has 0 unspecified atom stereocenters. The standard InChI is InChI=1S/C21H18ClNO6S/c1-2-28-17-9-13(10-18-20(26)23(11-19(24)25)21(27)30-18)7-8-16(17)29-12-14-5-3-4-6-15(14)22/h3-10H,2,11-12H2,1H3,(H,24,25)/b18-10+. The van der Waals surface area contributed by atoms with E-state index in [-0.39, 0.29) is 11.5 Å². The average Bonchev–Trinajstić information content (AvgIpc) is 2.96. The van der Waals surface area contributed by atoms with Gasteiger partial charge in [-0.15, -0.1) is 0 Å². The lowest BCUT2D eigenvalue weighted by molar-refractivity contribution is -0.140. The smallest absolute Gasteiger partial charge is 0.323 e. The Morgan fingerprint density at radius 2 is 1.93 bits per heavy atom. The molecule has 0 saturated carbocycles. The van der Waals surface area contributed by atoms with Crippen LogP contribution in [0.3, 0.4) is 0 Å². The molecule has 1 saturated heterocycles. The van der Waals surface area contributed by atoms with Gasteiger partial charge in [-0.2, -0.15) is 0 Å². The summed E-state index contributed by atoms with van der Waals surface area (Å²) < 4.78 is 11.5. The molecule has 30 heavy (non-hydrogen) atoms. The Hall–Kier alpha value is -2.97. The molecule has 1 aliphatic heterocycles. The van der Waals surface area contributed by atoms with Crippen LogP contribution in [0.2, 0.25) is 5.02 Å². The molecular weight excluding hydrogens is 430 g/mol. The number of carboxylic acids is 1. The number of halogens is 1. The van der Waals surface area contributed by atoms with Gasteiger partial charge in [0.1, 0.15) is 13.2 Å². The molecule has 0 atom stereocenters. The molecule has 7 nitrogen and oxygen atoms in total. The SMILES string of the molecule is CCOc1cc(/C=C2/SC(=O)N(CC(=O)O)C2=O)ccc1OCc1ccccc1Cl. The third kappa shape index (κ3) is 5.14. The molecule has 9 heteroatoms. The fourth-order valence-electron chi connectivity index (χ4n) is 2.70. The summed E-state index contributed by atoms with van der Waals surface area (Å²) >= 11 is 6.86. The summed E-state index contributed by atoms with van der Waals surface area (Å²) in [5.74, 6) is -0.905. The van der Waals surface area contributed by atoms with Crippen molar-refractivity contribution in [1.82, 2.24) is 4.90 Å². The van der Waals surface area contributed by atoms with Gasteiger partial charge in [-0.3, -0.25) is 19.3 Å². The van der Waals surface area contributed by atoms with E-state index in [9.17, 15) is 14.4 Å². The van der Waals surface area contributed by atoms with Gasteiger partial charge in [-0.25, -0.2) is 0 Å². The highest BCUT2D eigenvalue weighted by Crippen LogP contribution is 2.35. The van der Waals surface area contributed by atoms with Gasteiger partial charge in [-0.1, -0.05) is 35.9 Å². The Kier molecular flexibility index (Phi) is 7.02. The zero-order valence-corrected chi connectivity index (χ0v) is 17.5. The lowest BCUT2D eigenvalue weighted by atomic mass is 10.1. The van der Waals surface area contributed by atoms with Gasteiger partial charge in [0.25, 0.3) is 11.1 Å². The molecule has 2 amide bonds. The summed E-state index contributed by atoms with van der Waals surface area (Å²) in [6.07, 6.45) is 1.52. The maximum absolute atomic E-state index is 12.3. The van der Waals surface area contributed by atoms with Crippen molar-refractivity contribution in [2.24, 2.45) is 0 Å². The van der Waals surface area contributed by atoms with Crippen LogP contribution in [0.4, 0.5) is 4.79 Å². The highest BCUT2D eigenvalue weighted by molar-refractivity contribution is 8.18. The summed E-state index contributed by atoms with van der Waals surface area (Å²) in [5.41, 5.74) is 1.45. The number of carbonyl (C=O) groups is 3. The summed E-state index contributed by atoms with van der Waals surface area (Å²) in [4.78, 5) is 35.9. The van der Waals surface area contributed by atoms with Crippen molar-refractivity contribution >= 4 is 46.6 Å². The van der Waals surface area contributed by atoms with Crippen LogP contribution in [0.15, 0.2) is 47.4 Å². The number of carbonyl (C=O) groups excluding carboxylic acids is 2. The maximum atomic E-state index is 12.3. The number of hydrogen-bond donors (Lipinski definition) is 1. The first-order valence-corrected chi connectivity index (χ1v) is 10.2. The largest absolute Gasteiger partial charge is 0.490 e. The first kappa shape index (κ1) is 21.7. The van der Waals surface area contributed by atoms with Crippen molar-refractivity contribution in [3.63, 3.8) is 0 Å². The van der Waals surface area contributed by atoms with Crippen molar-refractivity contribution < 1.29 is 29.0 Å². The Morgan fingerprint density at radius 1 is 1.17 bits per heavy atom. The van der Waals surface area contributed by atoms with Crippen LogP contribution in [0.25, 0.3) is 6.08 Å². The van der Waals surface area contributed by atoms with E-state index in [1.54, 1.807) is 24.3 Å². The highest BCUT2D eigenvalue weighted by Gasteiger charge is 2.36. The molecule has 1 aliphatic rings. The van der Waals surface area contributed by atoms with E-state index in [2.05, 4.69) is 0 Å². The van der Waals surface area contributed by atoms with Gasteiger partial charge in [0.15, 0.2) is 11.5 Å². The number of thioether (sulfide) groups is 1. The molecule has 1 fully saturated rings. The maximum Gasteiger partial charge on any atom is 0.323 e.